The zero-order chi connectivity index (χ0) is 13.1. The van der Waals surface area contributed by atoms with Crippen LogP contribution in [-0.4, -0.2) is 12.6 Å². The summed E-state index contributed by atoms with van der Waals surface area (Å²) in [5.74, 6) is 0. The van der Waals surface area contributed by atoms with E-state index in [4.69, 9.17) is 5.73 Å². The Labute approximate surface area is 119 Å². The molecule has 1 aliphatic heterocycles. The molecule has 2 unspecified atom stereocenters. The number of rotatable bonds is 2. The summed E-state index contributed by atoms with van der Waals surface area (Å²) in [5, 5.41) is 0. The van der Waals surface area contributed by atoms with Crippen molar-refractivity contribution in [2.45, 2.75) is 51.6 Å². The van der Waals surface area contributed by atoms with Gasteiger partial charge in [-0.2, -0.15) is 0 Å². The number of benzene rings is 1. The first-order valence-corrected chi connectivity index (χ1v) is 7.70. The van der Waals surface area contributed by atoms with Crippen LogP contribution in [0.15, 0.2) is 22.7 Å². The zero-order valence-electron chi connectivity index (χ0n) is 11.3. The lowest BCUT2D eigenvalue weighted by molar-refractivity contribution is 0.612. The summed E-state index contributed by atoms with van der Waals surface area (Å²) in [7, 11) is 0. The third kappa shape index (κ3) is 3.07. The molecule has 0 aliphatic carbocycles. The molecule has 0 bridgehead atoms. The quantitative estimate of drug-likeness (QED) is 0.885. The van der Waals surface area contributed by atoms with E-state index in [9.17, 15) is 0 Å². The van der Waals surface area contributed by atoms with Crippen LogP contribution in [-0.2, 0) is 0 Å². The lowest BCUT2D eigenvalue weighted by Crippen LogP contribution is -2.33. The number of hydrogen-bond acceptors (Lipinski definition) is 2. The van der Waals surface area contributed by atoms with Crippen LogP contribution < -0.4 is 10.6 Å². The van der Waals surface area contributed by atoms with Gasteiger partial charge in [-0.25, -0.2) is 0 Å². The molecule has 1 fully saturated rings. The highest BCUT2D eigenvalue weighted by atomic mass is 79.9. The Bertz CT molecular complexity index is 403. The minimum absolute atomic E-state index is 0.0866. The van der Waals surface area contributed by atoms with E-state index in [0.29, 0.717) is 6.04 Å². The molecule has 2 N–H and O–H groups in total. The van der Waals surface area contributed by atoms with Crippen LogP contribution in [0.1, 0.15) is 51.1 Å². The van der Waals surface area contributed by atoms with Crippen LogP contribution in [0.25, 0.3) is 0 Å². The minimum atomic E-state index is 0.0866. The average molecular weight is 311 g/mol. The molecule has 100 valence electrons. The van der Waals surface area contributed by atoms with Gasteiger partial charge in [-0.15, -0.1) is 0 Å². The van der Waals surface area contributed by atoms with Gasteiger partial charge in [-0.3, -0.25) is 0 Å². The first-order chi connectivity index (χ1) is 8.59. The molecule has 0 radical (unpaired) electrons. The Kier molecular flexibility index (Phi) is 4.68. The van der Waals surface area contributed by atoms with Crippen LogP contribution in [0.5, 0.6) is 0 Å². The molecule has 0 aromatic heterocycles. The Balaban J connectivity index is 2.37. The van der Waals surface area contributed by atoms with Crippen molar-refractivity contribution in [2.75, 3.05) is 11.4 Å². The first kappa shape index (κ1) is 13.9. The highest BCUT2D eigenvalue weighted by molar-refractivity contribution is 9.10. The standard InChI is InChI=1S/C15H23BrN2/c1-11-6-4-3-5-9-18(11)15-10-13(16)7-8-14(15)12(2)17/h7-8,10-12H,3-6,9,17H2,1-2H3. The van der Waals surface area contributed by atoms with Gasteiger partial charge in [0.05, 0.1) is 0 Å². The SMILES string of the molecule is CC(N)c1ccc(Br)cc1N1CCCCCC1C. The van der Waals surface area contributed by atoms with Crippen LogP contribution in [0, 0.1) is 0 Å². The molecule has 3 heteroatoms. The molecular weight excluding hydrogens is 288 g/mol. The summed E-state index contributed by atoms with van der Waals surface area (Å²) in [5.41, 5.74) is 8.68. The molecule has 0 saturated carbocycles. The second-order valence-electron chi connectivity index (χ2n) is 5.38. The molecule has 0 spiro atoms. The van der Waals surface area contributed by atoms with Gasteiger partial charge in [0.2, 0.25) is 0 Å². The van der Waals surface area contributed by atoms with Crippen LogP contribution >= 0.6 is 15.9 Å². The number of anilines is 1. The summed E-state index contributed by atoms with van der Waals surface area (Å²) in [4.78, 5) is 2.54. The second-order valence-corrected chi connectivity index (χ2v) is 6.30. The Hall–Kier alpha value is -0.540. The van der Waals surface area contributed by atoms with Gasteiger partial charge in [0.25, 0.3) is 0 Å². The van der Waals surface area contributed by atoms with E-state index in [2.05, 4.69) is 52.9 Å². The van der Waals surface area contributed by atoms with E-state index in [1.165, 1.54) is 36.9 Å². The summed E-state index contributed by atoms with van der Waals surface area (Å²) >= 11 is 3.58. The zero-order valence-corrected chi connectivity index (χ0v) is 12.9. The lowest BCUT2D eigenvalue weighted by Gasteiger charge is -2.32. The number of hydrogen-bond donors (Lipinski definition) is 1. The second kappa shape index (κ2) is 6.07. The Morgan fingerprint density at radius 3 is 2.83 bits per heavy atom. The Morgan fingerprint density at radius 1 is 1.33 bits per heavy atom. The fraction of sp³-hybridized carbons (Fsp3) is 0.600. The molecule has 1 aromatic carbocycles. The fourth-order valence-electron chi connectivity index (χ4n) is 2.78. The molecule has 0 amide bonds. The van der Waals surface area contributed by atoms with Crippen LogP contribution in [0.4, 0.5) is 5.69 Å². The van der Waals surface area contributed by atoms with Crippen molar-refractivity contribution in [1.82, 2.24) is 0 Å². The molecule has 2 rings (SSSR count). The van der Waals surface area contributed by atoms with Crippen molar-refractivity contribution < 1.29 is 0 Å². The monoisotopic (exact) mass is 310 g/mol. The van der Waals surface area contributed by atoms with Gasteiger partial charge < -0.3 is 10.6 Å². The molecule has 2 atom stereocenters. The molecular formula is C15H23BrN2. The predicted molar refractivity (Wildman–Crippen MR) is 82.0 cm³/mol. The average Bonchev–Trinajstić information content (AvgIpc) is 2.53. The molecule has 18 heavy (non-hydrogen) atoms. The maximum atomic E-state index is 6.11. The van der Waals surface area contributed by atoms with Crippen molar-refractivity contribution in [3.8, 4) is 0 Å². The van der Waals surface area contributed by atoms with E-state index in [-0.39, 0.29) is 6.04 Å². The molecule has 1 heterocycles. The minimum Gasteiger partial charge on any atom is -0.369 e. The topological polar surface area (TPSA) is 29.3 Å². The van der Waals surface area contributed by atoms with E-state index >= 15 is 0 Å². The first-order valence-electron chi connectivity index (χ1n) is 6.91. The van der Waals surface area contributed by atoms with Gasteiger partial charge in [-0.05, 0) is 44.4 Å². The van der Waals surface area contributed by atoms with Crippen molar-refractivity contribution in [2.24, 2.45) is 5.73 Å². The summed E-state index contributed by atoms with van der Waals surface area (Å²) < 4.78 is 1.14. The van der Waals surface area contributed by atoms with Gasteiger partial charge in [-0.1, -0.05) is 34.8 Å². The van der Waals surface area contributed by atoms with Crippen molar-refractivity contribution >= 4 is 21.6 Å². The van der Waals surface area contributed by atoms with Crippen LogP contribution in [0.3, 0.4) is 0 Å². The van der Waals surface area contributed by atoms with Crippen LogP contribution in [0.2, 0.25) is 0 Å². The smallest absolute Gasteiger partial charge is 0.0428 e. The summed E-state index contributed by atoms with van der Waals surface area (Å²) in [6.07, 6.45) is 5.27. The van der Waals surface area contributed by atoms with Gasteiger partial charge in [0, 0.05) is 28.8 Å². The predicted octanol–water partition coefficient (Wildman–Crippen LogP) is 4.24. The molecule has 1 aromatic rings. The Morgan fingerprint density at radius 2 is 2.11 bits per heavy atom. The highest BCUT2D eigenvalue weighted by Gasteiger charge is 2.20. The van der Waals surface area contributed by atoms with E-state index in [0.717, 1.165) is 11.0 Å². The number of halogens is 1. The highest BCUT2D eigenvalue weighted by Crippen LogP contribution is 2.32. The fourth-order valence-corrected chi connectivity index (χ4v) is 3.13. The van der Waals surface area contributed by atoms with Crippen molar-refractivity contribution in [3.05, 3.63) is 28.2 Å². The van der Waals surface area contributed by atoms with E-state index < -0.39 is 0 Å². The number of nitrogens with two attached hydrogens (primary N) is 1. The third-order valence-corrected chi connectivity index (χ3v) is 4.34. The van der Waals surface area contributed by atoms with E-state index in [1.54, 1.807) is 0 Å². The van der Waals surface area contributed by atoms with Crippen molar-refractivity contribution in [3.63, 3.8) is 0 Å². The summed E-state index contributed by atoms with van der Waals surface area (Å²) in [6.45, 7) is 5.55. The molecule has 2 nitrogen and oxygen atoms in total. The normalized spacial score (nSPS) is 22.7. The van der Waals surface area contributed by atoms with Crippen molar-refractivity contribution in [1.29, 1.82) is 0 Å². The largest absolute Gasteiger partial charge is 0.369 e. The molecule has 1 aliphatic rings. The van der Waals surface area contributed by atoms with Gasteiger partial charge in [0.1, 0.15) is 0 Å². The molecule has 1 saturated heterocycles. The van der Waals surface area contributed by atoms with Gasteiger partial charge >= 0.3 is 0 Å². The maximum Gasteiger partial charge on any atom is 0.0428 e. The van der Waals surface area contributed by atoms with Gasteiger partial charge in [0.15, 0.2) is 0 Å². The third-order valence-electron chi connectivity index (χ3n) is 3.85. The number of nitrogens with zero attached hydrogens (tertiary/aromatic N) is 1. The summed E-state index contributed by atoms with van der Waals surface area (Å²) in [6, 6.07) is 7.16. The van der Waals surface area contributed by atoms with E-state index in [1.807, 2.05) is 0 Å². The maximum absolute atomic E-state index is 6.11. The lowest BCUT2D eigenvalue weighted by atomic mass is 10.0.